The molecular formula is C13H15NO4. The summed E-state index contributed by atoms with van der Waals surface area (Å²) in [6.07, 6.45) is 0.803. The van der Waals surface area contributed by atoms with Crippen LogP contribution < -0.4 is 5.32 Å². The van der Waals surface area contributed by atoms with Crippen molar-refractivity contribution in [1.29, 1.82) is 0 Å². The van der Waals surface area contributed by atoms with Crippen LogP contribution in [0.25, 0.3) is 0 Å². The molecule has 0 radical (unpaired) electrons. The fraction of sp³-hybridized carbons (Fsp3) is 0.231. The van der Waals surface area contributed by atoms with E-state index < -0.39 is 12.1 Å². The Labute approximate surface area is 105 Å². The number of carboxylic acids is 1. The van der Waals surface area contributed by atoms with Crippen molar-refractivity contribution in [2.45, 2.75) is 13.8 Å². The second kappa shape index (κ2) is 5.86. The fourth-order valence-electron chi connectivity index (χ4n) is 1.44. The molecule has 0 saturated heterocycles. The number of aromatic carboxylic acids is 1. The van der Waals surface area contributed by atoms with Gasteiger partial charge < -0.3 is 9.84 Å². The van der Waals surface area contributed by atoms with Gasteiger partial charge in [0.25, 0.3) is 0 Å². The lowest BCUT2D eigenvalue weighted by Gasteiger charge is -2.10. The molecule has 96 valence electrons. The monoisotopic (exact) mass is 249 g/mol. The number of hydrogen-bond donors (Lipinski definition) is 2. The normalized spacial score (nSPS) is 9.67. The number of aryl methyl sites for hydroxylation is 1. The van der Waals surface area contributed by atoms with E-state index in [1.165, 1.54) is 12.1 Å². The van der Waals surface area contributed by atoms with E-state index in [4.69, 9.17) is 9.84 Å². The Morgan fingerprint density at radius 1 is 1.44 bits per heavy atom. The van der Waals surface area contributed by atoms with Crippen LogP contribution in [0.3, 0.4) is 0 Å². The van der Waals surface area contributed by atoms with Gasteiger partial charge in [0.2, 0.25) is 0 Å². The second-order valence-electron chi connectivity index (χ2n) is 3.78. The predicted molar refractivity (Wildman–Crippen MR) is 68.0 cm³/mol. The highest BCUT2D eigenvalue weighted by molar-refractivity contribution is 5.93. The molecule has 0 aliphatic heterocycles. The van der Waals surface area contributed by atoms with Crippen LogP contribution in [-0.4, -0.2) is 23.8 Å². The molecule has 2 N–H and O–H groups in total. The lowest BCUT2D eigenvalue weighted by Crippen LogP contribution is -2.14. The molecule has 0 aromatic heterocycles. The second-order valence-corrected chi connectivity index (χ2v) is 3.78. The van der Waals surface area contributed by atoms with Crippen LogP contribution >= 0.6 is 0 Å². The fourth-order valence-corrected chi connectivity index (χ4v) is 1.44. The summed E-state index contributed by atoms with van der Waals surface area (Å²) >= 11 is 0. The van der Waals surface area contributed by atoms with Crippen molar-refractivity contribution in [3.05, 3.63) is 41.5 Å². The zero-order chi connectivity index (χ0) is 13.7. The average Bonchev–Trinajstić information content (AvgIpc) is 2.30. The first-order chi connectivity index (χ1) is 8.45. The molecular weight excluding hydrogens is 234 g/mol. The van der Waals surface area contributed by atoms with E-state index in [0.29, 0.717) is 11.3 Å². The molecule has 0 unspecified atom stereocenters. The smallest absolute Gasteiger partial charge is 0.411 e. The highest BCUT2D eigenvalue weighted by atomic mass is 16.5. The summed E-state index contributed by atoms with van der Waals surface area (Å²) in [5, 5.41) is 11.5. The quantitative estimate of drug-likeness (QED) is 0.804. The van der Waals surface area contributed by atoms with E-state index in [9.17, 15) is 9.59 Å². The van der Waals surface area contributed by atoms with Crippen molar-refractivity contribution in [2.75, 3.05) is 11.9 Å². The van der Waals surface area contributed by atoms with E-state index >= 15 is 0 Å². The Kier molecular flexibility index (Phi) is 4.48. The molecule has 1 aromatic rings. The molecule has 0 saturated carbocycles. The number of carbonyl (C=O) groups excluding carboxylic acids is 1. The molecule has 0 heterocycles. The van der Waals surface area contributed by atoms with E-state index in [-0.39, 0.29) is 12.2 Å². The maximum atomic E-state index is 11.3. The Hall–Kier alpha value is -2.30. The van der Waals surface area contributed by atoms with Gasteiger partial charge >= 0.3 is 12.1 Å². The van der Waals surface area contributed by atoms with E-state index in [2.05, 4.69) is 11.9 Å². The summed E-state index contributed by atoms with van der Waals surface area (Å²) < 4.78 is 4.75. The first-order valence-electron chi connectivity index (χ1n) is 5.35. The van der Waals surface area contributed by atoms with Crippen molar-refractivity contribution >= 4 is 17.7 Å². The molecule has 0 spiro atoms. The van der Waals surface area contributed by atoms with Crippen molar-refractivity contribution in [3.63, 3.8) is 0 Å². The van der Waals surface area contributed by atoms with Gasteiger partial charge in [0, 0.05) is 5.69 Å². The van der Waals surface area contributed by atoms with Gasteiger partial charge in [-0.05, 0) is 37.1 Å². The van der Waals surface area contributed by atoms with Crippen molar-refractivity contribution in [1.82, 2.24) is 0 Å². The molecule has 5 nitrogen and oxygen atoms in total. The summed E-state index contributed by atoms with van der Waals surface area (Å²) in [5.41, 5.74) is 2.01. The minimum Gasteiger partial charge on any atom is -0.478 e. The highest BCUT2D eigenvalue weighted by Gasteiger charge is 2.12. The average molecular weight is 249 g/mol. The van der Waals surface area contributed by atoms with Crippen LogP contribution in [0.1, 0.15) is 21.5 Å². The summed E-state index contributed by atoms with van der Waals surface area (Å²) in [6.45, 7) is 7.02. The SMILES string of the molecule is C=CCOC(=O)Nc1cc(C)c(C)c(C(=O)O)c1. The number of ether oxygens (including phenoxy) is 1. The maximum Gasteiger partial charge on any atom is 0.411 e. The summed E-state index contributed by atoms with van der Waals surface area (Å²) in [6, 6.07) is 3.09. The van der Waals surface area contributed by atoms with E-state index in [0.717, 1.165) is 5.56 Å². The van der Waals surface area contributed by atoms with Crippen molar-refractivity contribution < 1.29 is 19.4 Å². The molecule has 18 heavy (non-hydrogen) atoms. The van der Waals surface area contributed by atoms with Gasteiger partial charge in [0.1, 0.15) is 6.61 Å². The van der Waals surface area contributed by atoms with Crippen molar-refractivity contribution in [2.24, 2.45) is 0 Å². The molecule has 1 rings (SSSR count). The van der Waals surface area contributed by atoms with Crippen LogP contribution in [0, 0.1) is 13.8 Å². The predicted octanol–water partition coefficient (Wildman–Crippen LogP) is 2.74. The summed E-state index contributed by atoms with van der Waals surface area (Å²) in [4.78, 5) is 22.3. The topological polar surface area (TPSA) is 75.6 Å². The standard InChI is InChI=1S/C13H15NO4/c1-4-5-18-13(17)14-10-6-8(2)9(3)11(7-10)12(15)16/h4,6-7H,1,5H2,2-3H3,(H,14,17)(H,15,16). The maximum absolute atomic E-state index is 11.3. The Morgan fingerprint density at radius 3 is 2.67 bits per heavy atom. The summed E-state index contributed by atoms with van der Waals surface area (Å²) in [5.74, 6) is -1.03. The lowest BCUT2D eigenvalue weighted by molar-refractivity contribution is 0.0696. The number of anilines is 1. The van der Waals surface area contributed by atoms with Gasteiger partial charge in [-0.1, -0.05) is 12.7 Å². The third kappa shape index (κ3) is 3.35. The number of carboxylic acid groups (broad SMARTS) is 1. The van der Waals surface area contributed by atoms with Crippen LogP contribution in [0.5, 0.6) is 0 Å². The zero-order valence-corrected chi connectivity index (χ0v) is 10.3. The Morgan fingerprint density at radius 2 is 2.11 bits per heavy atom. The molecule has 5 heteroatoms. The number of nitrogens with one attached hydrogen (secondary N) is 1. The van der Waals surface area contributed by atoms with E-state index in [1.807, 2.05) is 0 Å². The van der Waals surface area contributed by atoms with Gasteiger partial charge in [-0.25, -0.2) is 9.59 Å². The first kappa shape index (κ1) is 13.8. The van der Waals surface area contributed by atoms with Gasteiger partial charge in [-0.2, -0.15) is 0 Å². The minimum atomic E-state index is -1.03. The molecule has 0 aliphatic rings. The van der Waals surface area contributed by atoms with Gasteiger partial charge in [-0.15, -0.1) is 0 Å². The molecule has 1 amide bonds. The van der Waals surface area contributed by atoms with Gasteiger partial charge in [0.05, 0.1) is 5.56 Å². The van der Waals surface area contributed by atoms with Crippen LogP contribution in [0.15, 0.2) is 24.8 Å². The molecule has 0 aliphatic carbocycles. The largest absolute Gasteiger partial charge is 0.478 e. The number of rotatable bonds is 4. The van der Waals surface area contributed by atoms with E-state index in [1.54, 1.807) is 19.9 Å². The summed E-state index contributed by atoms with van der Waals surface area (Å²) in [7, 11) is 0. The minimum absolute atomic E-state index is 0.0997. The Bertz CT molecular complexity index is 494. The van der Waals surface area contributed by atoms with Crippen LogP contribution in [0.2, 0.25) is 0 Å². The van der Waals surface area contributed by atoms with Crippen LogP contribution in [0.4, 0.5) is 10.5 Å². The molecule has 0 bridgehead atoms. The number of benzene rings is 1. The first-order valence-corrected chi connectivity index (χ1v) is 5.35. The number of carbonyl (C=O) groups is 2. The number of hydrogen-bond acceptors (Lipinski definition) is 3. The third-order valence-electron chi connectivity index (χ3n) is 2.48. The van der Waals surface area contributed by atoms with Crippen molar-refractivity contribution in [3.8, 4) is 0 Å². The van der Waals surface area contributed by atoms with Crippen LogP contribution in [-0.2, 0) is 4.74 Å². The molecule has 0 atom stereocenters. The number of amides is 1. The van der Waals surface area contributed by atoms with Gasteiger partial charge in [0.15, 0.2) is 0 Å². The third-order valence-corrected chi connectivity index (χ3v) is 2.48. The Balaban J connectivity index is 2.94. The zero-order valence-electron chi connectivity index (χ0n) is 10.3. The molecule has 1 aromatic carbocycles. The molecule has 0 fully saturated rings. The van der Waals surface area contributed by atoms with Gasteiger partial charge in [-0.3, -0.25) is 5.32 Å². The lowest BCUT2D eigenvalue weighted by atomic mass is 10.0. The highest BCUT2D eigenvalue weighted by Crippen LogP contribution is 2.20.